The van der Waals surface area contributed by atoms with E-state index in [-0.39, 0.29) is 30.2 Å². The van der Waals surface area contributed by atoms with Crippen LogP contribution in [-0.2, 0) is 11.3 Å². The van der Waals surface area contributed by atoms with Crippen LogP contribution in [0.5, 0.6) is 0 Å². The number of hydrogen-bond acceptors (Lipinski definition) is 3. The van der Waals surface area contributed by atoms with E-state index >= 15 is 0 Å². The molecule has 1 aliphatic carbocycles. The highest BCUT2D eigenvalue weighted by molar-refractivity contribution is 5.85. The van der Waals surface area contributed by atoms with Crippen molar-refractivity contribution >= 4 is 18.3 Å². The van der Waals surface area contributed by atoms with Crippen LogP contribution < -0.4 is 11.1 Å². The largest absolute Gasteiger partial charge is 0.352 e. The Hall–Kier alpha value is -1.92. The highest BCUT2D eigenvalue weighted by atomic mass is 35.5. The van der Waals surface area contributed by atoms with Crippen molar-refractivity contribution in [1.29, 1.82) is 0 Å². The Bertz CT molecular complexity index is 716. The molecule has 1 amide bonds. The predicted molar refractivity (Wildman–Crippen MR) is 97.3 cm³/mol. The van der Waals surface area contributed by atoms with Gasteiger partial charge in [0, 0.05) is 30.8 Å². The summed E-state index contributed by atoms with van der Waals surface area (Å²) in [5, 5.41) is 7.38. The van der Waals surface area contributed by atoms with Crippen LogP contribution in [0.2, 0.25) is 0 Å². The number of carbonyl (C=O) groups is 1. The van der Waals surface area contributed by atoms with E-state index in [9.17, 15) is 9.18 Å². The molecule has 0 bridgehead atoms. The maximum atomic E-state index is 13.0. The molecule has 1 saturated carbocycles. The molecule has 0 spiro atoms. The van der Waals surface area contributed by atoms with Gasteiger partial charge in [0.2, 0.25) is 5.91 Å². The van der Waals surface area contributed by atoms with Crippen LogP contribution in [0.1, 0.15) is 36.9 Å². The fraction of sp³-hybridized carbons (Fsp3) is 0.444. The van der Waals surface area contributed by atoms with E-state index in [1.807, 2.05) is 13.1 Å². The highest BCUT2D eigenvalue weighted by Crippen LogP contribution is 2.26. The van der Waals surface area contributed by atoms with Gasteiger partial charge in [0.1, 0.15) is 5.82 Å². The number of halogens is 2. The third-order valence-corrected chi connectivity index (χ3v) is 4.73. The second kappa shape index (κ2) is 8.45. The predicted octanol–water partition coefficient (Wildman–Crippen LogP) is 2.88. The fourth-order valence-corrected chi connectivity index (χ4v) is 3.22. The molecule has 136 valence electrons. The molecule has 1 aromatic carbocycles. The Kier molecular flexibility index (Phi) is 6.56. The number of amides is 1. The molecular weight excluding hydrogens is 343 g/mol. The number of carbonyl (C=O) groups excluding carboxylic acids is 1. The Labute approximate surface area is 153 Å². The first-order valence-electron chi connectivity index (χ1n) is 8.36. The van der Waals surface area contributed by atoms with Crippen molar-refractivity contribution in [3.8, 4) is 5.69 Å². The van der Waals surface area contributed by atoms with E-state index in [4.69, 9.17) is 5.73 Å². The molecule has 0 aliphatic heterocycles. The van der Waals surface area contributed by atoms with Gasteiger partial charge in [-0.3, -0.25) is 4.79 Å². The topological polar surface area (TPSA) is 72.9 Å². The molecule has 0 unspecified atom stereocenters. The van der Waals surface area contributed by atoms with E-state index < -0.39 is 0 Å². The molecule has 1 fully saturated rings. The number of nitrogens with two attached hydrogens (primary N) is 1. The van der Waals surface area contributed by atoms with E-state index in [1.54, 1.807) is 16.8 Å². The molecule has 1 aromatic heterocycles. The highest BCUT2D eigenvalue weighted by Gasteiger charge is 2.25. The number of hydrogen-bond donors (Lipinski definition) is 2. The first-order valence-corrected chi connectivity index (χ1v) is 8.36. The third-order valence-electron chi connectivity index (χ3n) is 4.73. The molecule has 7 heteroatoms. The average Bonchev–Trinajstić information content (AvgIpc) is 3.12. The number of aromatic nitrogens is 2. The zero-order valence-electron chi connectivity index (χ0n) is 14.2. The van der Waals surface area contributed by atoms with Crippen molar-refractivity contribution in [3.63, 3.8) is 0 Å². The Morgan fingerprint density at radius 3 is 2.72 bits per heavy atom. The summed E-state index contributed by atoms with van der Waals surface area (Å²) in [6.07, 6.45) is 5.52. The monoisotopic (exact) mass is 366 g/mol. The van der Waals surface area contributed by atoms with Gasteiger partial charge in [-0.2, -0.15) is 5.10 Å². The van der Waals surface area contributed by atoms with Crippen LogP contribution in [0, 0.1) is 18.7 Å². The number of nitrogens with zero attached hydrogens (tertiary/aromatic N) is 2. The minimum absolute atomic E-state index is 0. The van der Waals surface area contributed by atoms with Gasteiger partial charge in [0.05, 0.1) is 11.4 Å². The van der Waals surface area contributed by atoms with E-state index in [1.165, 1.54) is 12.1 Å². The summed E-state index contributed by atoms with van der Waals surface area (Å²) in [5.41, 5.74) is 8.60. The van der Waals surface area contributed by atoms with Gasteiger partial charge in [0.25, 0.3) is 0 Å². The summed E-state index contributed by atoms with van der Waals surface area (Å²) in [6, 6.07) is 6.30. The van der Waals surface area contributed by atoms with E-state index in [0.29, 0.717) is 18.9 Å². The standard InChI is InChI=1S/C18H23FN4O.ClH/c1-12-14(10-21-18(24)9-13-3-2-4-17(13)20)11-23(22-12)16-7-5-15(19)6-8-16;/h5-8,11,13,17H,2-4,9-10,20H2,1H3,(H,21,24);1H/t13-,17+;/m0./s1. The first kappa shape index (κ1) is 19.4. The lowest BCUT2D eigenvalue weighted by atomic mass is 10.00. The molecular formula is C18H24ClFN4O. The number of benzene rings is 1. The van der Waals surface area contributed by atoms with Gasteiger partial charge in [0.15, 0.2) is 0 Å². The van der Waals surface area contributed by atoms with Crippen LogP contribution in [0.3, 0.4) is 0 Å². The second-order valence-electron chi connectivity index (χ2n) is 6.50. The molecule has 2 aromatic rings. The third kappa shape index (κ3) is 4.80. The van der Waals surface area contributed by atoms with E-state index in [2.05, 4.69) is 10.4 Å². The van der Waals surface area contributed by atoms with Crippen molar-refractivity contribution in [2.75, 3.05) is 0 Å². The molecule has 1 aliphatic rings. The maximum absolute atomic E-state index is 13.0. The van der Waals surface area contributed by atoms with Crippen molar-refractivity contribution in [3.05, 3.63) is 47.5 Å². The Morgan fingerprint density at radius 1 is 1.36 bits per heavy atom. The van der Waals surface area contributed by atoms with Crippen LogP contribution in [0.15, 0.2) is 30.5 Å². The Balaban J connectivity index is 0.00000225. The molecule has 3 rings (SSSR count). The fourth-order valence-electron chi connectivity index (χ4n) is 3.22. The van der Waals surface area contributed by atoms with Gasteiger partial charge in [-0.05, 0) is 49.9 Å². The molecule has 25 heavy (non-hydrogen) atoms. The van der Waals surface area contributed by atoms with Crippen LogP contribution in [0.4, 0.5) is 4.39 Å². The second-order valence-corrected chi connectivity index (χ2v) is 6.50. The lowest BCUT2D eigenvalue weighted by molar-refractivity contribution is -0.122. The molecule has 0 saturated heterocycles. The number of nitrogens with one attached hydrogen (secondary N) is 1. The van der Waals surface area contributed by atoms with Crippen molar-refractivity contribution in [2.24, 2.45) is 11.7 Å². The SMILES string of the molecule is Cc1nn(-c2ccc(F)cc2)cc1CNC(=O)C[C@@H]1CCC[C@H]1N.Cl. The van der Waals surface area contributed by atoms with Crippen molar-refractivity contribution in [2.45, 2.75) is 45.2 Å². The van der Waals surface area contributed by atoms with Gasteiger partial charge >= 0.3 is 0 Å². The quantitative estimate of drug-likeness (QED) is 0.854. The zero-order chi connectivity index (χ0) is 17.1. The summed E-state index contributed by atoms with van der Waals surface area (Å²) in [6.45, 7) is 2.34. The number of rotatable bonds is 5. The summed E-state index contributed by atoms with van der Waals surface area (Å²) >= 11 is 0. The molecule has 3 N–H and O–H groups in total. The normalized spacial score (nSPS) is 19.5. The first-order chi connectivity index (χ1) is 11.5. The average molecular weight is 367 g/mol. The minimum atomic E-state index is -0.278. The minimum Gasteiger partial charge on any atom is -0.352 e. The van der Waals surface area contributed by atoms with Crippen LogP contribution in [0.25, 0.3) is 5.69 Å². The number of aryl methyl sites for hydroxylation is 1. The van der Waals surface area contributed by atoms with Gasteiger partial charge in [-0.25, -0.2) is 9.07 Å². The van der Waals surface area contributed by atoms with Gasteiger partial charge < -0.3 is 11.1 Å². The van der Waals surface area contributed by atoms with Gasteiger partial charge in [-0.15, -0.1) is 12.4 Å². The summed E-state index contributed by atoms with van der Waals surface area (Å²) in [7, 11) is 0. The van der Waals surface area contributed by atoms with Crippen molar-refractivity contribution in [1.82, 2.24) is 15.1 Å². The summed E-state index contributed by atoms with van der Waals surface area (Å²) in [4.78, 5) is 12.1. The molecule has 0 radical (unpaired) electrons. The van der Waals surface area contributed by atoms with Crippen molar-refractivity contribution < 1.29 is 9.18 Å². The lowest BCUT2D eigenvalue weighted by Gasteiger charge is -2.14. The van der Waals surface area contributed by atoms with Gasteiger partial charge in [-0.1, -0.05) is 6.42 Å². The van der Waals surface area contributed by atoms with Crippen LogP contribution in [-0.4, -0.2) is 21.7 Å². The molecule has 5 nitrogen and oxygen atoms in total. The molecule has 1 heterocycles. The summed E-state index contributed by atoms with van der Waals surface area (Å²) in [5.74, 6) is 0.0551. The van der Waals surface area contributed by atoms with Crippen LogP contribution >= 0.6 is 12.4 Å². The molecule has 2 atom stereocenters. The van der Waals surface area contributed by atoms with E-state index in [0.717, 1.165) is 36.2 Å². The zero-order valence-corrected chi connectivity index (χ0v) is 15.1. The summed E-state index contributed by atoms with van der Waals surface area (Å²) < 4.78 is 14.7. The maximum Gasteiger partial charge on any atom is 0.220 e. The lowest BCUT2D eigenvalue weighted by Crippen LogP contribution is -2.31. The Morgan fingerprint density at radius 2 is 2.08 bits per heavy atom. The smallest absolute Gasteiger partial charge is 0.220 e.